The van der Waals surface area contributed by atoms with Crippen molar-refractivity contribution in [2.24, 2.45) is 5.41 Å². The lowest BCUT2D eigenvalue weighted by molar-refractivity contribution is 0.252. The van der Waals surface area contributed by atoms with Gasteiger partial charge in [0.2, 0.25) is 0 Å². The molecule has 0 saturated carbocycles. The van der Waals surface area contributed by atoms with Crippen LogP contribution in [0, 0.1) is 5.41 Å². The van der Waals surface area contributed by atoms with E-state index in [4.69, 9.17) is 5.10 Å². The zero-order valence-corrected chi connectivity index (χ0v) is 14.5. The molecule has 0 spiro atoms. The minimum atomic E-state index is 0.173. The number of nitrogens with zero attached hydrogens (tertiary/aromatic N) is 2. The van der Waals surface area contributed by atoms with Gasteiger partial charge in [0.25, 0.3) is 0 Å². The summed E-state index contributed by atoms with van der Waals surface area (Å²) in [5.41, 5.74) is 1.65. The molecule has 1 heterocycles. The van der Waals surface area contributed by atoms with Crippen molar-refractivity contribution in [1.29, 1.82) is 0 Å². The molecule has 3 heteroatoms. The molecule has 2 atom stereocenters. The first-order valence-electron chi connectivity index (χ1n) is 7.98. The molecule has 1 N–H and O–H groups in total. The van der Waals surface area contributed by atoms with Gasteiger partial charge in [-0.25, -0.2) is 0 Å². The highest BCUT2D eigenvalue weighted by Crippen LogP contribution is 2.26. The van der Waals surface area contributed by atoms with Gasteiger partial charge in [-0.1, -0.05) is 20.8 Å². The van der Waals surface area contributed by atoms with E-state index in [1.165, 1.54) is 5.69 Å². The van der Waals surface area contributed by atoms with E-state index in [-0.39, 0.29) is 11.0 Å². The number of hydrogen-bond donors (Lipinski definition) is 1. The van der Waals surface area contributed by atoms with Gasteiger partial charge in [0.1, 0.15) is 0 Å². The zero-order chi connectivity index (χ0) is 15.4. The van der Waals surface area contributed by atoms with Crippen LogP contribution in [0.15, 0.2) is 12.3 Å². The van der Waals surface area contributed by atoms with Crippen molar-refractivity contribution in [1.82, 2.24) is 15.1 Å². The first-order chi connectivity index (χ1) is 9.19. The molecule has 0 aliphatic heterocycles. The maximum absolute atomic E-state index is 4.75. The van der Waals surface area contributed by atoms with Gasteiger partial charge in [-0.15, -0.1) is 0 Å². The van der Waals surface area contributed by atoms with Crippen LogP contribution in [-0.4, -0.2) is 21.9 Å². The highest BCUT2D eigenvalue weighted by atomic mass is 15.3. The number of hydrogen-bond acceptors (Lipinski definition) is 2. The third-order valence-corrected chi connectivity index (χ3v) is 4.21. The smallest absolute Gasteiger partial charge is 0.0630 e. The van der Waals surface area contributed by atoms with Crippen molar-refractivity contribution in [3.8, 4) is 0 Å². The second-order valence-corrected chi connectivity index (χ2v) is 7.49. The summed E-state index contributed by atoms with van der Waals surface area (Å²) in [5.74, 6) is 0. The molecule has 1 rings (SSSR count). The molecular formula is C17H33N3. The van der Waals surface area contributed by atoms with E-state index in [0.29, 0.717) is 6.04 Å². The van der Waals surface area contributed by atoms with Gasteiger partial charge in [-0.05, 0) is 58.4 Å². The number of rotatable bonds is 7. The van der Waals surface area contributed by atoms with Gasteiger partial charge < -0.3 is 5.32 Å². The predicted molar refractivity (Wildman–Crippen MR) is 87.1 cm³/mol. The molecule has 0 radical (unpaired) electrons. The summed E-state index contributed by atoms with van der Waals surface area (Å²) in [5, 5.41) is 8.39. The van der Waals surface area contributed by atoms with Gasteiger partial charge in [-0.3, -0.25) is 4.68 Å². The van der Waals surface area contributed by atoms with Gasteiger partial charge in [0, 0.05) is 24.3 Å². The van der Waals surface area contributed by atoms with Crippen LogP contribution in [0.1, 0.15) is 73.0 Å². The monoisotopic (exact) mass is 279 g/mol. The van der Waals surface area contributed by atoms with E-state index in [1.807, 2.05) is 0 Å². The summed E-state index contributed by atoms with van der Waals surface area (Å²) in [4.78, 5) is 0. The molecule has 0 amide bonds. The van der Waals surface area contributed by atoms with Crippen molar-refractivity contribution in [2.75, 3.05) is 6.54 Å². The number of aromatic nitrogens is 2. The Morgan fingerprint density at radius 3 is 2.40 bits per heavy atom. The molecule has 0 aliphatic carbocycles. The van der Waals surface area contributed by atoms with E-state index in [1.54, 1.807) is 0 Å². The van der Waals surface area contributed by atoms with Gasteiger partial charge >= 0.3 is 0 Å². The second-order valence-electron chi connectivity index (χ2n) is 7.49. The first-order valence-corrected chi connectivity index (χ1v) is 7.98. The van der Waals surface area contributed by atoms with Gasteiger partial charge in [0.05, 0.1) is 5.69 Å². The summed E-state index contributed by atoms with van der Waals surface area (Å²) in [6.45, 7) is 16.8. The second kappa shape index (κ2) is 6.75. The Morgan fingerprint density at radius 1 is 1.25 bits per heavy atom. The van der Waals surface area contributed by atoms with Crippen molar-refractivity contribution >= 4 is 0 Å². The van der Waals surface area contributed by atoms with E-state index >= 15 is 0 Å². The zero-order valence-electron chi connectivity index (χ0n) is 14.5. The van der Waals surface area contributed by atoms with E-state index in [0.717, 1.165) is 25.8 Å². The molecule has 3 nitrogen and oxygen atoms in total. The van der Waals surface area contributed by atoms with Crippen LogP contribution in [0.3, 0.4) is 0 Å². The van der Waals surface area contributed by atoms with E-state index in [9.17, 15) is 0 Å². The molecule has 20 heavy (non-hydrogen) atoms. The normalized spacial score (nSPS) is 16.9. The molecule has 0 aromatic carbocycles. The molecule has 0 fully saturated rings. The predicted octanol–water partition coefficient (Wildman–Crippen LogP) is 4.20. The number of nitrogens with one attached hydrogen (secondary N) is 1. The fourth-order valence-corrected chi connectivity index (χ4v) is 2.13. The molecule has 0 bridgehead atoms. The molecule has 2 unspecified atom stereocenters. The summed E-state index contributed by atoms with van der Waals surface area (Å²) in [7, 11) is 0. The lowest BCUT2D eigenvalue weighted by atomic mass is 9.82. The van der Waals surface area contributed by atoms with Crippen molar-refractivity contribution in [3.05, 3.63) is 18.0 Å². The fraction of sp³-hybridized carbons (Fsp3) is 0.824. The summed E-state index contributed by atoms with van der Waals surface area (Å²) < 4.78 is 2.10. The standard InChI is InChI=1S/C17H33N3/c1-8-14(3)20-11-10-15(19-20)12-17(7,9-2)13-18-16(4,5)6/h10-11,14,18H,8-9,12-13H2,1-7H3. The Hall–Kier alpha value is -0.830. The Morgan fingerprint density at radius 2 is 1.90 bits per heavy atom. The lowest BCUT2D eigenvalue weighted by Gasteiger charge is -2.32. The summed E-state index contributed by atoms with van der Waals surface area (Å²) >= 11 is 0. The molecule has 0 saturated heterocycles. The topological polar surface area (TPSA) is 29.9 Å². The van der Waals surface area contributed by atoms with Gasteiger partial charge in [-0.2, -0.15) is 5.10 Å². The molecule has 1 aromatic rings. The van der Waals surface area contributed by atoms with Crippen molar-refractivity contribution < 1.29 is 0 Å². The Kier molecular flexibility index (Phi) is 5.81. The molecule has 0 aliphatic rings. The first kappa shape index (κ1) is 17.2. The van der Waals surface area contributed by atoms with Crippen LogP contribution in [-0.2, 0) is 6.42 Å². The van der Waals surface area contributed by atoms with Crippen LogP contribution in [0.4, 0.5) is 0 Å². The highest BCUT2D eigenvalue weighted by molar-refractivity contribution is 5.04. The summed E-state index contributed by atoms with van der Waals surface area (Å²) in [6, 6.07) is 2.67. The van der Waals surface area contributed by atoms with Gasteiger partial charge in [0.15, 0.2) is 0 Å². The molecule has 116 valence electrons. The van der Waals surface area contributed by atoms with Crippen LogP contribution in [0.25, 0.3) is 0 Å². The SMILES string of the molecule is CCC(C)n1ccc(CC(C)(CC)CNC(C)(C)C)n1. The van der Waals surface area contributed by atoms with Crippen molar-refractivity contribution in [2.45, 2.75) is 79.3 Å². The lowest BCUT2D eigenvalue weighted by Crippen LogP contribution is -2.43. The van der Waals surface area contributed by atoms with Crippen LogP contribution < -0.4 is 5.32 Å². The average molecular weight is 279 g/mol. The third-order valence-electron chi connectivity index (χ3n) is 4.21. The minimum absolute atomic E-state index is 0.173. The van der Waals surface area contributed by atoms with Crippen LogP contribution in [0.2, 0.25) is 0 Å². The van der Waals surface area contributed by atoms with Crippen molar-refractivity contribution in [3.63, 3.8) is 0 Å². The average Bonchev–Trinajstić information content (AvgIpc) is 2.83. The van der Waals surface area contributed by atoms with Crippen LogP contribution in [0.5, 0.6) is 0 Å². The van der Waals surface area contributed by atoms with E-state index in [2.05, 4.69) is 70.7 Å². The molecule has 1 aromatic heterocycles. The van der Waals surface area contributed by atoms with E-state index < -0.39 is 0 Å². The Bertz CT molecular complexity index is 403. The van der Waals surface area contributed by atoms with Crippen LogP contribution >= 0.6 is 0 Å². The third kappa shape index (κ3) is 5.28. The quantitative estimate of drug-likeness (QED) is 0.810. The highest BCUT2D eigenvalue weighted by Gasteiger charge is 2.25. The fourth-order valence-electron chi connectivity index (χ4n) is 2.13. The maximum Gasteiger partial charge on any atom is 0.0630 e. The summed E-state index contributed by atoms with van der Waals surface area (Å²) in [6.07, 6.45) is 5.44. The largest absolute Gasteiger partial charge is 0.312 e. The Balaban J connectivity index is 2.69. The maximum atomic E-state index is 4.75. The minimum Gasteiger partial charge on any atom is -0.312 e. The Labute approximate surface area is 125 Å². The molecular weight excluding hydrogens is 246 g/mol.